The van der Waals surface area contributed by atoms with Crippen molar-refractivity contribution in [2.45, 2.75) is 6.18 Å². The summed E-state index contributed by atoms with van der Waals surface area (Å²) in [7, 11) is 0. The predicted molar refractivity (Wildman–Crippen MR) is 56.9 cm³/mol. The lowest BCUT2D eigenvalue weighted by molar-refractivity contribution is -0.141. The van der Waals surface area contributed by atoms with Gasteiger partial charge in [-0.15, -0.1) is 0 Å². The Bertz CT molecular complexity index is 508. The summed E-state index contributed by atoms with van der Waals surface area (Å²) < 4.78 is 39.1. The molecule has 0 radical (unpaired) electrons. The average Bonchev–Trinajstić information content (AvgIpc) is 2.64. The van der Waals surface area contributed by atoms with Gasteiger partial charge >= 0.3 is 6.18 Å². The molecule has 0 saturated carbocycles. The third-order valence-electron chi connectivity index (χ3n) is 1.69. The van der Waals surface area contributed by atoms with Gasteiger partial charge in [-0.25, -0.2) is 14.6 Å². The molecule has 0 atom stereocenters. The lowest BCUT2D eigenvalue weighted by Gasteiger charge is -2.06. The van der Waals surface area contributed by atoms with Gasteiger partial charge in [0.25, 0.3) is 5.95 Å². The third kappa shape index (κ3) is 2.31. The molecule has 2 aromatic rings. The quantitative estimate of drug-likeness (QED) is 0.749. The van der Waals surface area contributed by atoms with Gasteiger partial charge in [0.2, 0.25) is 0 Å². The van der Waals surface area contributed by atoms with Crippen LogP contribution in [-0.4, -0.2) is 19.7 Å². The van der Waals surface area contributed by atoms with E-state index < -0.39 is 11.9 Å². The van der Waals surface area contributed by atoms with E-state index in [1.807, 2.05) is 22.6 Å². The van der Waals surface area contributed by atoms with Gasteiger partial charge in [0.1, 0.15) is 5.69 Å². The van der Waals surface area contributed by atoms with Gasteiger partial charge in [-0.1, -0.05) is 0 Å². The van der Waals surface area contributed by atoms with Gasteiger partial charge in [-0.3, -0.25) is 0 Å². The number of hydrogen-bond donors (Lipinski definition) is 0. The lowest BCUT2D eigenvalue weighted by atomic mass is 10.4. The smallest absolute Gasteiger partial charge is 0.220 e. The van der Waals surface area contributed by atoms with Crippen molar-refractivity contribution in [2.75, 3.05) is 0 Å². The largest absolute Gasteiger partial charge is 0.433 e. The number of nitrogens with zero attached hydrogens (tertiary/aromatic N) is 4. The second kappa shape index (κ2) is 4.00. The van der Waals surface area contributed by atoms with E-state index in [0.29, 0.717) is 0 Å². The fourth-order valence-corrected chi connectivity index (χ4v) is 1.42. The number of rotatable bonds is 1. The third-order valence-corrected chi connectivity index (χ3v) is 2.25. The molecule has 0 bridgehead atoms. The zero-order chi connectivity index (χ0) is 11.8. The molecule has 0 saturated heterocycles. The fourth-order valence-electron chi connectivity index (χ4n) is 1.03. The van der Waals surface area contributed by atoms with E-state index in [2.05, 4.69) is 15.1 Å². The first-order valence-corrected chi connectivity index (χ1v) is 5.15. The first kappa shape index (κ1) is 11.3. The molecule has 2 rings (SSSR count). The molecule has 0 fully saturated rings. The van der Waals surface area contributed by atoms with Gasteiger partial charge in [0.15, 0.2) is 0 Å². The van der Waals surface area contributed by atoms with Crippen LogP contribution in [0.15, 0.2) is 24.7 Å². The van der Waals surface area contributed by atoms with E-state index in [-0.39, 0.29) is 5.95 Å². The highest BCUT2D eigenvalue weighted by molar-refractivity contribution is 14.1. The maximum absolute atomic E-state index is 12.4. The first-order valence-electron chi connectivity index (χ1n) is 4.07. The van der Waals surface area contributed by atoms with E-state index >= 15 is 0 Å². The van der Waals surface area contributed by atoms with E-state index in [4.69, 9.17) is 0 Å². The molecule has 0 spiro atoms. The fraction of sp³-hybridized carbons (Fsp3) is 0.125. The molecular weight excluding hydrogens is 336 g/mol. The highest BCUT2D eigenvalue weighted by Gasteiger charge is 2.32. The minimum Gasteiger partial charge on any atom is -0.220 e. The van der Waals surface area contributed by atoms with Crippen LogP contribution in [0.1, 0.15) is 5.69 Å². The molecule has 0 amide bonds. The lowest BCUT2D eigenvalue weighted by Crippen LogP contribution is -2.11. The van der Waals surface area contributed by atoms with Crippen LogP contribution in [0.3, 0.4) is 0 Å². The standard InChI is InChI=1S/C8H4F3IN4/c9-8(10,11)6-1-2-13-7(15-6)16-4-5(12)3-14-16/h1-4H. The van der Waals surface area contributed by atoms with E-state index in [1.165, 1.54) is 17.1 Å². The van der Waals surface area contributed by atoms with Crippen LogP contribution in [0.5, 0.6) is 0 Å². The Morgan fingerprint density at radius 3 is 2.62 bits per heavy atom. The van der Waals surface area contributed by atoms with Crippen LogP contribution in [0, 0.1) is 3.57 Å². The monoisotopic (exact) mass is 340 g/mol. The van der Waals surface area contributed by atoms with E-state index in [1.54, 1.807) is 0 Å². The van der Waals surface area contributed by atoms with Crippen LogP contribution in [-0.2, 0) is 6.18 Å². The van der Waals surface area contributed by atoms with Gasteiger partial charge in [0, 0.05) is 12.4 Å². The maximum atomic E-state index is 12.4. The van der Waals surface area contributed by atoms with Gasteiger partial charge in [-0.05, 0) is 28.7 Å². The summed E-state index contributed by atoms with van der Waals surface area (Å²) in [6.45, 7) is 0. The Balaban J connectivity index is 2.44. The van der Waals surface area contributed by atoms with Crippen molar-refractivity contribution in [1.29, 1.82) is 0 Å². The van der Waals surface area contributed by atoms with Crippen molar-refractivity contribution >= 4 is 22.6 Å². The summed E-state index contributed by atoms with van der Waals surface area (Å²) in [5.74, 6) is -0.0993. The summed E-state index contributed by atoms with van der Waals surface area (Å²) in [6.07, 6.45) is -0.377. The predicted octanol–water partition coefficient (Wildman–Crippen LogP) is 2.29. The van der Waals surface area contributed by atoms with Crippen LogP contribution in [0.4, 0.5) is 13.2 Å². The zero-order valence-electron chi connectivity index (χ0n) is 7.61. The van der Waals surface area contributed by atoms with E-state index in [9.17, 15) is 13.2 Å². The molecule has 0 unspecified atom stereocenters. The summed E-state index contributed by atoms with van der Waals surface area (Å²) in [4.78, 5) is 7.11. The Morgan fingerprint density at radius 2 is 2.06 bits per heavy atom. The van der Waals surface area contributed by atoms with Gasteiger partial charge in [-0.2, -0.15) is 18.3 Å². The van der Waals surface area contributed by atoms with Crippen molar-refractivity contribution in [3.8, 4) is 5.95 Å². The molecule has 0 aliphatic carbocycles. The average molecular weight is 340 g/mol. The van der Waals surface area contributed by atoms with Crippen molar-refractivity contribution in [3.63, 3.8) is 0 Å². The first-order chi connectivity index (χ1) is 7.47. The molecule has 16 heavy (non-hydrogen) atoms. The van der Waals surface area contributed by atoms with Crippen molar-refractivity contribution < 1.29 is 13.2 Å². The topological polar surface area (TPSA) is 43.6 Å². The highest BCUT2D eigenvalue weighted by atomic mass is 127. The second-order valence-corrected chi connectivity index (χ2v) is 4.09. The minimum atomic E-state index is -4.47. The molecule has 4 nitrogen and oxygen atoms in total. The molecule has 8 heteroatoms. The Kier molecular flexibility index (Phi) is 2.82. The summed E-state index contributed by atoms with van der Waals surface area (Å²) >= 11 is 1.99. The van der Waals surface area contributed by atoms with Crippen molar-refractivity contribution in [2.24, 2.45) is 0 Å². The van der Waals surface area contributed by atoms with Gasteiger partial charge < -0.3 is 0 Å². The molecule has 2 heterocycles. The maximum Gasteiger partial charge on any atom is 0.433 e. The number of halogens is 4. The number of alkyl halides is 3. The van der Waals surface area contributed by atoms with Crippen LogP contribution in [0.25, 0.3) is 5.95 Å². The summed E-state index contributed by atoms with van der Waals surface area (Å²) in [5, 5.41) is 3.83. The zero-order valence-corrected chi connectivity index (χ0v) is 9.77. The number of aromatic nitrogens is 4. The van der Waals surface area contributed by atoms with Crippen LogP contribution in [0.2, 0.25) is 0 Å². The molecule has 84 valence electrons. The molecule has 0 N–H and O–H groups in total. The van der Waals surface area contributed by atoms with Crippen LogP contribution >= 0.6 is 22.6 Å². The normalized spacial score (nSPS) is 11.8. The van der Waals surface area contributed by atoms with Crippen molar-refractivity contribution in [1.82, 2.24) is 19.7 Å². The summed E-state index contributed by atoms with van der Waals surface area (Å²) in [6, 6.07) is 0.817. The molecule has 0 aliphatic rings. The van der Waals surface area contributed by atoms with Gasteiger partial charge in [0.05, 0.1) is 9.77 Å². The second-order valence-electron chi connectivity index (χ2n) is 2.84. The highest BCUT2D eigenvalue weighted by Crippen LogP contribution is 2.27. The van der Waals surface area contributed by atoms with E-state index in [0.717, 1.165) is 15.8 Å². The Labute approximate surface area is 102 Å². The van der Waals surface area contributed by atoms with Crippen LogP contribution < -0.4 is 0 Å². The SMILES string of the molecule is FC(F)(F)c1ccnc(-n2cc(I)cn2)n1. The Hall–Kier alpha value is -1.19. The molecule has 2 aromatic heterocycles. The number of hydrogen-bond acceptors (Lipinski definition) is 3. The molecule has 0 aromatic carbocycles. The molecular formula is C8H4F3IN4. The van der Waals surface area contributed by atoms with Crippen molar-refractivity contribution in [3.05, 3.63) is 33.9 Å². The molecule has 0 aliphatic heterocycles. The Morgan fingerprint density at radius 1 is 1.31 bits per heavy atom. The minimum absolute atomic E-state index is 0.0993. The summed E-state index contributed by atoms with van der Waals surface area (Å²) in [5.41, 5.74) is -0.983.